The SMILES string of the molecule is COC(=O)C1=C(CBr)NC(c2nccs2)=N[C@H]1c1cccc(F)c1Br. The smallest absolute Gasteiger partial charge is 0.338 e. The molecular weight excluding hydrogens is 477 g/mol. The standard InChI is InChI=1S/C16H12Br2FN3O2S/c1-24-16(23)11-10(7-17)21-14(15-20-5-6-25-15)22-13(11)8-3-2-4-9(19)12(8)18/h2-6,13H,7H2,1H3,(H,21,22)/t13-/m0/s1. The van der Waals surface area contributed by atoms with Crippen LogP contribution in [-0.4, -0.2) is 29.2 Å². The van der Waals surface area contributed by atoms with Crippen molar-refractivity contribution in [2.45, 2.75) is 6.04 Å². The molecule has 0 unspecified atom stereocenters. The Labute approximate surface area is 164 Å². The molecule has 25 heavy (non-hydrogen) atoms. The minimum Gasteiger partial charge on any atom is -0.466 e. The van der Waals surface area contributed by atoms with Gasteiger partial charge in [0, 0.05) is 22.6 Å². The molecule has 0 bridgehead atoms. The van der Waals surface area contributed by atoms with Crippen molar-refractivity contribution >= 4 is 55.0 Å². The van der Waals surface area contributed by atoms with Crippen molar-refractivity contribution in [1.82, 2.24) is 10.3 Å². The van der Waals surface area contributed by atoms with E-state index in [0.29, 0.717) is 33.0 Å². The monoisotopic (exact) mass is 487 g/mol. The number of allylic oxidation sites excluding steroid dienone is 1. The van der Waals surface area contributed by atoms with Gasteiger partial charge in [-0.15, -0.1) is 11.3 Å². The van der Waals surface area contributed by atoms with Gasteiger partial charge in [0.15, 0.2) is 10.8 Å². The van der Waals surface area contributed by atoms with Gasteiger partial charge in [-0.3, -0.25) is 4.99 Å². The van der Waals surface area contributed by atoms with Crippen LogP contribution < -0.4 is 5.32 Å². The third kappa shape index (κ3) is 3.54. The molecule has 9 heteroatoms. The molecule has 2 aromatic rings. The lowest BCUT2D eigenvalue weighted by atomic mass is 9.96. The van der Waals surface area contributed by atoms with Gasteiger partial charge in [-0.05, 0) is 27.6 Å². The first-order valence-electron chi connectivity index (χ1n) is 7.12. The molecule has 2 heterocycles. The molecule has 130 valence electrons. The van der Waals surface area contributed by atoms with E-state index in [4.69, 9.17) is 4.74 Å². The number of aromatic nitrogens is 1. The highest BCUT2D eigenvalue weighted by molar-refractivity contribution is 9.10. The Kier molecular flexibility index (Phi) is 5.65. The lowest BCUT2D eigenvalue weighted by molar-refractivity contribution is -0.136. The van der Waals surface area contributed by atoms with Crippen molar-refractivity contribution in [2.24, 2.45) is 4.99 Å². The molecule has 3 rings (SSSR count). The number of alkyl halides is 1. The molecule has 0 saturated carbocycles. The summed E-state index contributed by atoms with van der Waals surface area (Å²) in [6.07, 6.45) is 1.67. The molecule has 0 spiro atoms. The van der Waals surface area contributed by atoms with Gasteiger partial charge in [0.1, 0.15) is 11.9 Å². The Bertz CT molecular complexity index is 868. The Morgan fingerprint density at radius 1 is 1.48 bits per heavy atom. The predicted molar refractivity (Wildman–Crippen MR) is 101 cm³/mol. The summed E-state index contributed by atoms with van der Waals surface area (Å²) in [5.74, 6) is -0.421. The van der Waals surface area contributed by atoms with Crippen LogP contribution in [0.2, 0.25) is 0 Å². The fourth-order valence-electron chi connectivity index (χ4n) is 2.46. The van der Waals surface area contributed by atoms with Crippen LogP contribution in [0.3, 0.4) is 0 Å². The van der Waals surface area contributed by atoms with Gasteiger partial charge in [-0.25, -0.2) is 14.2 Å². The second-order valence-electron chi connectivity index (χ2n) is 5.00. The number of hydrogen-bond acceptors (Lipinski definition) is 6. The second-order valence-corrected chi connectivity index (χ2v) is 7.25. The fourth-order valence-corrected chi connectivity index (χ4v) is 3.97. The fraction of sp³-hybridized carbons (Fsp3) is 0.188. The number of thiazole rings is 1. The first kappa shape index (κ1) is 18.2. The highest BCUT2D eigenvalue weighted by atomic mass is 79.9. The number of amidine groups is 1. The number of halogens is 3. The lowest BCUT2D eigenvalue weighted by Gasteiger charge is -2.26. The summed E-state index contributed by atoms with van der Waals surface area (Å²) in [5.41, 5.74) is 1.47. The van der Waals surface area contributed by atoms with E-state index in [9.17, 15) is 9.18 Å². The number of carbonyl (C=O) groups is 1. The molecule has 1 N–H and O–H groups in total. The van der Waals surface area contributed by atoms with E-state index in [1.54, 1.807) is 18.3 Å². The zero-order chi connectivity index (χ0) is 18.0. The quantitative estimate of drug-likeness (QED) is 0.522. The van der Waals surface area contributed by atoms with Crippen molar-refractivity contribution in [2.75, 3.05) is 12.4 Å². The van der Waals surface area contributed by atoms with E-state index in [1.165, 1.54) is 24.5 Å². The van der Waals surface area contributed by atoms with Crippen LogP contribution in [-0.2, 0) is 9.53 Å². The van der Waals surface area contributed by atoms with Gasteiger partial charge < -0.3 is 10.1 Å². The summed E-state index contributed by atoms with van der Waals surface area (Å²) in [6, 6.07) is 3.93. The third-order valence-electron chi connectivity index (χ3n) is 3.58. The van der Waals surface area contributed by atoms with E-state index in [-0.39, 0.29) is 4.47 Å². The summed E-state index contributed by atoms with van der Waals surface area (Å²) >= 11 is 8.07. The number of rotatable bonds is 4. The number of hydrogen-bond donors (Lipinski definition) is 1. The largest absolute Gasteiger partial charge is 0.466 e. The normalized spacial score (nSPS) is 17.1. The van der Waals surface area contributed by atoms with Crippen molar-refractivity contribution in [3.63, 3.8) is 0 Å². The Balaban J connectivity index is 2.19. The van der Waals surface area contributed by atoms with Gasteiger partial charge in [0.25, 0.3) is 0 Å². The third-order valence-corrected chi connectivity index (χ3v) is 5.75. The maximum Gasteiger partial charge on any atom is 0.338 e. The molecule has 0 saturated heterocycles. The van der Waals surface area contributed by atoms with Gasteiger partial charge in [0.05, 0.1) is 17.2 Å². The first-order valence-corrected chi connectivity index (χ1v) is 9.92. The number of carbonyl (C=O) groups excluding carboxylic acids is 1. The molecule has 0 fully saturated rings. The van der Waals surface area contributed by atoms with Crippen molar-refractivity contribution in [3.05, 3.63) is 61.9 Å². The summed E-state index contributed by atoms with van der Waals surface area (Å²) < 4.78 is 19.2. The highest BCUT2D eigenvalue weighted by Gasteiger charge is 2.33. The van der Waals surface area contributed by atoms with Crippen molar-refractivity contribution in [3.8, 4) is 0 Å². The lowest BCUT2D eigenvalue weighted by Crippen LogP contribution is -2.34. The minimum absolute atomic E-state index is 0.263. The molecule has 1 aromatic heterocycles. The van der Waals surface area contributed by atoms with E-state index < -0.39 is 17.8 Å². The molecule has 5 nitrogen and oxygen atoms in total. The topological polar surface area (TPSA) is 63.6 Å². The van der Waals surface area contributed by atoms with E-state index >= 15 is 0 Å². The van der Waals surface area contributed by atoms with Crippen LogP contribution in [0.15, 0.2) is 50.5 Å². The van der Waals surface area contributed by atoms with Crippen LogP contribution in [0.4, 0.5) is 4.39 Å². The summed E-state index contributed by atoms with van der Waals surface area (Å²) in [6.45, 7) is 0. The van der Waals surface area contributed by atoms with E-state index in [1.807, 2.05) is 5.38 Å². The van der Waals surface area contributed by atoms with Crippen LogP contribution in [0.25, 0.3) is 0 Å². The van der Waals surface area contributed by atoms with Gasteiger partial charge in [-0.1, -0.05) is 28.1 Å². The number of aliphatic imine (C=N–C) groups is 1. The molecule has 1 aromatic carbocycles. The van der Waals surface area contributed by atoms with Crippen molar-refractivity contribution < 1.29 is 13.9 Å². The minimum atomic E-state index is -0.717. The number of nitrogens with one attached hydrogen (secondary N) is 1. The number of esters is 1. The number of benzene rings is 1. The summed E-state index contributed by atoms with van der Waals surface area (Å²) in [4.78, 5) is 21.3. The van der Waals surface area contributed by atoms with Crippen LogP contribution in [0, 0.1) is 5.82 Å². The molecule has 0 radical (unpaired) electrons. The Morgan fingerprint density at radius 2 is 2.28 bits per heavy atom. The van der Waals surface area contributed by atoms with Gasteiger partial charge in [-0.2, -0.15) is 0 Å². The number of methoxy groups -OCH3 is 1. The molecule has 1 aliphatic heterocycles. The zero-order valence-corrected chi connectivity index (χ0v) is 16.9. The number of nitrogens with zero attached hydrogens (tertiary/aromatic N) is 2. The molecule has 0 amide bonds. The predicted octanol–water partition coefficient (Wildman–Crippen LogP) is 3.96. The van der Waals surface area contributed by atoms with Gasteiger partial charge >= 0.3 is 5.97 Å². The highest BCUT2D eigenvalue weighted by Crippen LogP contribution is 2.37. The molecular formula is C16H12Br2FN3O2S. The van der Waals surface area contributed by atoms with Gasteiger partial charge in [0.2, 0.25) is 0 Å². The average Bonchev–Trinajstić information content (AvgIpc) is 3.17. The summed E-state index contributed by atoms with van der Waals surface area (Å²) in [7, 11) is 1.30. The molecule has 0 aliphatic carbocycles. The maximum absolute atomic E-state index is 14.0. The van der Waals surface area contributed by atoms with E-state index in [0.717, 1.165) is 0 Å². The number of ether oxygens (including phenoxy) is 1. The molecule has 1 aliphatic rings. The first-order chi connectivity index (χ1) is 12.1. The second kappa shape index (κ2) is 7.76. The average molecular weight is 489 g/mol. The maximum atomic E-state index is 14.0. The zero-order valence-electron chi connectivity index (χ0n) is 12.9. The summed E-state index contributed by atoms with van der Waals surface area (Å²) in [5, 5.41) is 6.02. The van der Waals surface area contributed by atoms with Crippen LogP contribution in [0.1, 0.15) is 16.6 Å². The Morgan fingerprint density at radius 3 is 2.92 bits per heavy atom. The van der Waals surface area contributed by atoms with Crippen LogP contribution >= 0.6 is 43.2 Å². The molecule has 1 atom stereocenters. The van der Waals surface area contributed by atoms with Crippen LogP contribution in [0.5, 0.6) is 0 Å². The van der Waals surface area contributed by atoms with Crippen molar-refractivity contribution in [1.29, 1.82) is 0 Å². The van der Waals surface area contributed by atoms with E-state index in [2.05, 4.69) is 47.2 Å². The Hall–Kier alpha value is -1.58.